The molecule has 0 aromatic heterocycles. The van der Waals surface area contributed by atoms with E-state index in [9.17, 15) is 0 Å². The molecule has 0 N–H and O–H groups in total. The molecule has 0 radical (unpaired) electrons. The number of para-hydroxylation sites is 2. The monoisotopic (exact) mass is 386 g/mol. The first-order chi connectivity index (χ1) is 14.0. The van der Waals surface area contributed by atoms with Gasteiger partial charge in [0.2, 0.25) is 0 Å². The lowest BCUT2D eigenvalue weighted by molar-refractivity contribution is 0.279. The van der Waals surface area contributed by atoms with Crippen LogP contribution in [0.15, 0.2) is 84.6 Å². The molecule has 3 rings (SSSR count). The van der Waals surface area contributed by atoms with E-state index in [1.165, 1.54) is 11.1 Å². The van der Waals surface area contributed by atoms with Crippen molar-refractivity contribution in [2.75, 3.05) is 6.61 Å². The van der Waals surface area contributed by atoms with E-state index in [2.05, 4.69) is 70.2 Å². The molecule has 0 fully saturated rings. The minimum atomic E-state index is 0.366. The van der Waals surface area contributed by atoms with Crippen molar-refractivity contribution in [3.8, 4) is 11.5 Å². The second-order valence-corrected chi connectivity index (χ2v) is 7.80. The van der Waals surface area contributed by atoms with E-state index in [0.717, 1.165) is 22.8 Å². The van der Waals surface area contributed by atoms with Crippen LogP contribution in [0.2, 0.25) is 0 Å². The normalized spacial score (nSPS) is 11.7. The third-order valence-corrected chi connectivity index (χ3v) is 4.82. The van der Waals surface area contributed by atoms with Crippen LogP contribution in [0.3, 0.4) is 0 Å². The highest BCUT2D eigenvalue weighted by Crippen LogP contribution is 2.29. The molecule has 0 unspecified atom stereocenters. The Kier molecular flexibility index (Phi) is 7.13. The summed E-state index contributed by atoms with van der Waals surface area (Å²) in [7, 11) is 0. The van der Waals surface area contributed by atoms with Crippen LogP contribution in [-0.4, -0.2) is 6.61 Å². The largest absolute Gasteiger partial charge is 0.485 e. The number of rotatable bonds is 8. The Morgan fingerprint density at radius 1 is 0.690 bits per heavy atom. The molecule has 0 bridgehead atoms. The smallest absolute Gasteiger partial charge is 0.146 e. The quantitative estimate of drug-likeness (QED) is 0.375. The fourth-order valence-electron chi connectivity index (χ4n) is 3.27. The van der Waals surface area contributed by atoms with Gasteiger partial charge in [0.15, 0.2) is 0 Å². The molecular weight excluding hydrogens is 356 g/mol. The zero-order chi connectivity index (χ0) is 20.6. The maximum Gasteiger partial charge on any atom is 0.146 e. The maximum atomic E-state index is 6.37. The predicted octanol–water partition coefficient (Wildman–Crippen LogP) is 7.43. The van der Waals surface area contributed by atoms with Crippen molar-refractivity contribution in [2.24, 2.45) is 0 Å². The summed E-state index contributed by atoms with van der Waals surface area (Å²) in [5.41, 5.74) is 3.48. The minimum Gasteiger partial charge on any atom is -0.485 e. The highest BCUT2D eigenvalue weighted by Gasteiger charge is 2.12. The zero-order valence-corrected chi connectivity index (χ0v) is 17.8. The average molecular weight is 387 g/mol. The van der Waals surface area contributed by atoms with Gasteiger partial charge in [-0.15, -0.1) is 0 Å². The molecule has 0 heterocycles. The number of hydrogen-bond donors (Lipinski definition) is 0. The topological polar surface area (TPSA) is 18.5 Å². The van der Waals surface area contributed by atoms with Crippen LogP contribution in [0, 0.1) is 0 Å². The summed E-state index contributed by atoms with van der Waals surface area (Å²) in [4.78, 5) is 0. The molecule has 0 aliphatic heterocycles. The molecule has 3 aromatic carbocycles. The van der Waals surface area contributed by atoms with Crippen LogP contribution in [0.1, 0.15) is 56.2 Å². The molecule has 0 amide bonds. The lowest BCUT2D eigenvalue weighted by Crippen LogP contribution is -2.10. The molecule has 150 valence electrons. The van der Waals surface area contributed by atoms with Crippen molar-refractivity contribution in [2.45, 2.75) is 39.5 Å². The predicted molar refractivity (Wildman–Crippen MR) is 122 cm³/mol. The molecule has 0 saturated heterocycles. The summed E-state index contributed by atoms with van der Waals surface area (Å²) in [6, 6.07) is 26.6. The van der Waals surface area contributed by atoms with Gasteiger partial charge in [0.1, 0.15) is 23.9 Å². The van der Waals surface area contributed by atoms with Gasteiger partial charge in [-0.1, -0.05) is 94.4 Å². The molecule has 0 saturated carbocycles. The van der Waals surface area contributed by atoms with Gasteiger partial charge in [-0.2, -0.15) is 0 Å². The van der Waals surface area contributed by atoms with Gasteiger partial charge >= 0.3 is 0 Å². The minimum absolute atomic E-state index is 0.366. The summed E-state index contributed by atoms with van der Waals surface area (Å²) < 4.78 is 12.6. The third-order valence-electron chi connectivity index (χ3n) is 4.82. The lowest BCUT2D eigenvalue weighted by Gasteiger charge is -2.18. The van der Waals surface area contributed by atoms with Crippen molar-refractivity contribution < 1.29 is 9.47 Å². The van der Waals surface area contributed by atoms with Crippen molar-refractivity contribution >= 4 is 6.08 Å². The van der Waals surface area contributed by atoms with E-state index in [4.69, 9.17) is 9.47 Å². The Bertz CT molecular complexity index is 940. The molecule has 2 nitrogen and oxygen atoms in total. The van der Waals surface area contributed by atoms with E-state index >= 15 is 0 Å². The van der Waals surface area contributed by atoms with E-state index in [0.29, 0.717) is 18.4 Å². The molecule has 0 atom stereocenters. The summed E-state index contributed by atoms with van der Waals surface area (Å²) >= 11 is 0. The Morgan fingerprint density at radius 2 is 1.21 bits per heavy atom. The van der Waals surface area contributed by atoms with E-state index in [1.54, 1.807) is 0 Å². The van der Waals surface area contributed by atoms with Crippen LogP contribution in [0.5, 0.6) is 11.5 Å². The standard InChI is InChI=1S/C27H30O2/c1-20(2)24-14-8-10-16-26(24)28-19-23(18-22-12-6-5-7-13-22)29-27-17-11-9-15-25(27)21(3)4/h5-18,20-21H,19H2,1-4H3/b23-18-. The van der Waals surface area contributed by atoms with Crippen LogP contribution in [0.25, 0.3) is 6.08 Å². The number of hydrogen-bond acceptors (Lipinski definition) is 2. The highest BCUT2D eigenvalue weighted by molar-refractivity contribution is 5.52. The van der Waals surface area contributed by atoms with Crippen LogP contribution in [0.4, 0.5) is 0 Å². The number of benzene rings is 3. The van der Waals surface area contributed by atoms with Gasteiger partial charge in [0.05, 0.1) is 0 Å². The molecule has 0 aliphatic carbocycles. The van der Waals surface area contributed by atoms with Gasteiger partial charge in [-0.25, -0.2) is 0 Å². The van der Waals surface area contributed by atoms with Gasteiger partial charge in [-0.05, 0) is 46.7 Å². The third kappa shape index (κ3) is 5.74. The Morgan fingerprint density at radius 3 is 1.83 bits per heavy atom. The van der Waals surface area contributed by atoms with Crippen LogP contribution >= 0.6 is 0 Å². The number of ether oxygens (including phenoxy) is 2. The molecule has 0 spiro atoms. The van der Waals surface area contributed by atoms with Crippen molar-refractivity contribution in [3.05, 3.63) is 101 Å². The Balaban J connectivity index is 1.88. The first-order valence-electron chi connectivity index (χ1n) is 10.3. The fourth-order valence-corrected chi connectivity index (χ4v) is 3.27. The second-order valence-electron chi connectivity index (χ2n) is 7.80. The van der Waals surface area contributed by atoms with Gasteiger partial charge < -0.3 is 9.47 Å². The molecule has 2 heteroatoms. The SMILES string of the molecule is CC(C)c1ccccc1OC/C(=C/c1ccccc1)Oc1ccccc1C(C)C. The zero-order valence-electron chi connectivity index (χ0n) is 17.8. The van der Waals surface area contributed by atoms with E-state index in [1.807, 2.05) is 42.5 Å². The Labute approximate surface area is 174 Å². The van der Waals surface area contributed by atoms with Crippen molar-refractivity contribution in [1.29, 1.82) is 0 Å². The van der Waals surface area contributed by atoms with E-state index in [-0.39, 0.29) is 0 Å². The summed E-state index contributed by atoms with van der Waals surface area (Å²) in [6.07, 6.45) is 2.05. The summed E-state index contributed by atoms with van der Waals surface area (Å²) in [5, 5.41) is 0. The van der Waals surface area contributed by atoms with Crippen LogP contribution in [-0.2, 0) is 0 Å². The first kappa shape index (κ1) is 20.7. The summed E-state index contributed by atoms with van der Waals surface area (Å²) in [6.45, 7) is 9.08. The maximum absolute atomic E-state index is 6.37. The molecule has 3 aromatic rings. The lowest BCUT2D eigenvalue weighted by atomic mass is 10.0. The van der Waals surface area contributed by atoms with Gasteiger partial charge in [0.25, 0.3) is 0 Å². The summed E-state index contributed by atoms with van der Waals surface area (Å²) in [5.74, 6) is 3.34. The van der Waals surface area contributed by atoms with Gasteiger partial charge in [0, 0.05) is 0 Å². The first-order valence-corrected chi connectivity index (χ1v) is 10.3. The van der Waals surface area contributed by atoms with Crippen molar-refractivity contribution in [1.82, 2.24) is 0 Å². The van der Waals surface area contributed by atoms with Crippen LogP contribution < -0.4 is 9.47 Å². The van der Waals surface area contributed by atoms with E-state index < -0.39 is 0 Å². The fraction of sp³-hybridized carbons (Fsp3) is 0.259. The second kappa shape index (κ2) is 9.97. The average Bonchev–Trinajstić information content (AvgIpc) is 2.73. The molecule has 0 aliphatic rings. The van der Waals surface area contributed by atoms with Crippen molar-refractivity contribution in [3.63, 3.8) is 0 Å². The molecule has 29 heavy (non-hydrogen) atoms. The molecular formula is C27H30O2. The Hall–Kier alpha value is -3.00. The highest BCUT2D eigenvalue weighted by atomic mass is 16.5. The van der Waals surface area contributed by atoms with Gasteiger partial charge in [-0.3, -0.25) is 0 Å².